The quantitative estimate of drug-likeness (QED) is 0.752. The minimum atomic E-state index is -0.365. The molecule has 0 aromatic heterocycles. The van der Waals surface area contributed by atoms with Gasteiger partial charge in [0.05, 0.1) is 6.61 Å². The number of hydrogen-bond acceptors (Lipinski definition) is 3. The Morgan fingerprint density at radius 1 is 1.24 bits per heavy atom. The van der Waals surface area contributed by atoms with E-state index in [1.165, 1.54) is 0 Å². The Bertz CT molecular complexity index is 395. The summed E-state index contributed by atoms with van der Waals surface area (Å²) in [6, 6.07) is 9.63. The van der Waals surface area contributed by atoms with Gasteiger partial charge in [0.2, 0.25) is 5.76 Å². The van der Waals surface area contributed by atoms with Gasteiger partial charge in [-0.15, -0.1) is 0 Å². The fourth-order valence-corrected chi connectivity index (χ4v) is 1.66. The molecule has 0 atom stereocenters. The number of carbonyl (C=O) groups is 1. The Hall–Kier alpha value is -1.77. The molecule has 0 aliphatic carbocycles. The first kappa shape index (κ1) is 11.7. The van der Waals surface area contributed by atoms with Crippen LogP contribution in [0.1, 0.15) is 24.8 Å². The lowest BCUT2D eigenvalue weighted by molar-refractivity contribution is -0.144. The van der Waals surface area contributed by atoms with E-state index in [9.17, 15) is 4.79 Å². The molecule has 0 N–H and O–H groups in total. The molecular formula is C14H16O3. The maximum absolute atomic E-state index is 11.7. The third-order valence-corrected chi connectivity index (χ3v) is 2.60. The van der Waals surface area contributed by atoms with Crippen LogP contribution in [0.15, 0.2) is 42.2 Å². The van der Waals surface area contributed by atoms with Crippen molar-refractivity contribution >= 4 is 5.97 Å². The first-order valence-electron chi connectivity index (χ1n) is 5.90. The van der Waals surface area contributed by atoms with Gasteiger partial charge in [-0.25, -0.2) is 4.79 Å². The van der Waals surface area contributed by atoms with E-state index in [-0.39, 0.29) is 5.97 Å². The van der Waals surface area contributed by atoms with E-state index in [0.29, 0.717) is 19.0 Å². The highest BCUT2D eigenvalue weighted by molar-refractivity contribution is 5.86. The van der Waals surface area contributed by atoms with E-state index in [4.69, 9.17) is 9.47 Å². The van der Waals surface area contributed by atoms with Crippen molar-refractivity contribution in [2.24, 2.45) is 0 Å². The van der Waals surface area contributed by atoms with Crippen LogP contribution in [0.3, 0.4) is 0 Å². The first-order chi connectivity index (χ1) is 8.36. The molecule has 0 saturated carbocycles. The number of ether oxygens (including phenoxy) is 2. The summed E-state index contributed by atoms with van der Waals surface area (Å²) in [6.07, 6.45) is 4.76. The standard InChI is InChI=1S/C14H16O3/c15-14(13-9-5-2-6-10-16-13)17-11-12-7-3-1-4-8-12/h1,3-4,7-9H,2,5-6,10-11H2. The highest BCUT2D eigenvalue weighted by atomic mass is 16.6. The van der Waals surface area contributed by atoms with Crippen molar-refractivity contribution in [3.8, 4) is 0 Å². The van der Waals surface area contributed by atoms with Crippen molar-refractivity contribution < 1.29 is 14.3 Å². The molecule has 1 heterocycles. The third kappa shape index (κ3) is 3.63. The van der Waals surface area contributed by atoms with Gasteiger partial charge in [-0.2, -0.15) is 0 Å². The summed E-state index contributed by atoms with van der Waals surface area (Å²) < 4.78 is 10.5. The summed E-state index contributed by atoms with van der Waals surface area (Å²) in [6.45, 7) is 0.895. The number of rotatable bonds is 3. The van der Waals surface area contributed by atoms with Crippen molar-refractivity contribution in [1.29, 1.82) is 0 Å². The molecule has 3 heteroatoms. The molecule has 1 aromatic carbocycles. The molecule has 0 spiro atoms. The molecule has 17 heavy (non-hydrogen) atoms. The van der Waals surface area contributed by atoms with Gasteiger partial charge in [-0.3, -0.25) is 0 Å². The Balaban J connectivity index is 1.86. The first-order valence-corrected chi connectivity index (χ1v) is 5.90. The second kappa shape index (κ2) is 6.09. The molecule has 2 rings (SSSR count). The molecule has 0 radical (unpaired) electrons. The summed E-state index contributed by atoms with van der Waals surface area (Å²) >= 11 is 0. The Kier molecular flexibility index (Phi) is 4.19. The van der Waals surface area contributed by atoms with E-state index < -0.39 is 0 Å². The van der Waals surface area contributed by atoms with E-state index in [0.717, 1.165) is 24.8 Å². The van der Waals surface area contributed by atoms with Crippen LogP contribution in [-0.4, -0.2) is 12.6 Å². The van der Waals surface area contributed by atoms with Gasteiger partial charge in [0.15, 0.2) is 0 Å². The SMILES string of the molecule is O=C(OCc1ccccc1)C1=CCCCCO1. The van der Waals surface area contributed by atoms with Gasteiger partial charge in [0.25, 0.3) is 0 Å². The summed E-state index contributed by atoms with van der Waals surface area (Å²) in [5.74, 6) is -0.00539. The fourth-order valence-electron chi connectivity index (χ4n) is 1.66. The summed E-state index contributed by atoms with van der Waals surface area (Å²) in [4.78, 5) is 11.7. The molecule has 0 amide bonds. The van der Waals surface area contributed by atoms with Crippen LogP contribution in [0.25, 0.3) is 0 Å². The van der Waals surface area contributed by atoms with Gasteiger partial charge in [0.1, 0.15) is 6.61 Å². The van der Waals surface area contributed by atoms with Gasteiger partial charge < -0.3 is 9.47 Å². The van der Waals surface area contributed by atoms with Crippen LogP contribution >= 0.6 is 0 Å². The van der Waals surface area contributed by atoms with Crippen molar-refractivity contribution in [3.05, 3.63) is 47.7 Å². The fraction of sp³-hybridized carbons (Fsp3) is 0.357. The van der Waals surface area contributed by atoms with Crippen molar-refractivity contribution in [1.82, 2.24) is 0 Å². The highest BCUT2D eigenvalue weighted by Crippen LogP contribution is 2.12. The van der Waals surface area contributed by atoms with Crippen molar-refractivity contribution in [3.63, 3.8) is 0 Å². The van der Waals surface area contributed by atoms with Gasteiger partial charge in [-0.1, -0.05) is 30.3 Å². The second-order valence-corrected chi connectivity index (χ2v) is 3.97. The largest absolute Gasteiger partial charge is 0.487 e. The lowest BCUT2D eigenvalue weighted by Crippen LogP contribution is -2.10. The topological polar surface area (TPSA) is 35.5 Å². The molecule has 1 aliphatic heterocycles. The Morgan fingerprint density at radius 3 is 2.88 bits per heavy atom. The van der Waals surface area contributed by atoms with Gasteiger partial charge >= 0.3 is 5.97 Å². The predicted molar refractivity (Wildman–Crippen MR) is 64.1 cm³/mol. The number of esters is 1. The molecule has 0 bridgehead atoms. The molecule has 1 aliphatic rings. The van der Waals surface area contributed by atoms with E-state index in [1.807, 2.05) is 36.4 Å². The average Bonchev–Trinajstić information content (AvgIpc) is 2.66. The maximum Gasteiger partial charge on any atom is 0.373 e. The van der Waals surface area contributed by atoms with Crippen LogP contribution in [0.2, 0.25) is 0 Å². The Labute approximate surface area is 101 Å². The minimum absolute atomic E-state index is 0.292. The van der Waals surface area contributed by atoms with Crippen LogP contribution in [0.5, 0.6) is 0 Å². The summed E-state index contributed by atoms with van der Waals surface area (Å²) in [5, 5.41) is 0. The van der Waals surface area contributed by atoms with Gasteiger partial charge in [-0.05, 0) is 30.9 Å². The third-order valence-electron chi connectivity index (χ3n) is 2.60. The smallest absolute Gasteiger partial charge is 0.373 e. The summed E-state index contributed by atoms with van der Waals surface area (Å²) in [7, 11) is 0. The molecule has 1 aromatic rings. The van der Waals surface area contributed by atoms with E-state index in [1.54, 1.807) is 0 Å². The molecular weight excluding hydrogens is 216 g/mol. The number of hydrogen-bond donors (Lipinski definition) is 0. The van der Waals surface area contributed by atoms with Gasteiger partial charge in [0, 0.05) is 0 Å². The van der Waals surface area contributed by atoms with Crippen LogP contribution in [-0.2, 0) is 20.9 Å². The molecule has 0 unspecified atom stereocenters. The molecule has 0 fully saturated rings. The van der Waals surface area contributed by atoms with E-state index in [2.05, 4.69) is 0 Å². The molecule has 90 valence electrons. The zero-order chi connectivity index (χ0) is 11.9. The zero-order valence-electron chi connectivity index (χ0n) is 9.72. The number of carbonyl (C=O) groups excluding carboxylic acids is 1. The normalized spacial score (nSPS) is 15.4. The maximum atomic E-state index is 11.7. The van der Waals surface area contributed by atoms with Crippen molar-refractivity contribution in [2.45, 2.75) is 25.9 Å². The number of allylic oxidation sites excluding steroid dienone is 1. The highest BCUT2D eigenvalue weighted by Gasteiger charge is 2.14. The minimum Gasteiger partial charge on any atom is -0.487 e. The second-order valence-electron chi connectivity index (χ2n) is 3.97. The van der Waals surface area contributed by atoms with Crippen molar-refractivity contribution in [2.75, 3.05) is 6.61 Å². The predicted octanol–water partition coefficient (Wildman–Crippen LogP) is 2.81. The summed E-state index contributed by atoms with van der Waals surface area (Å²) in [5.41, 5.74) is 0.982. The number of benzene rings is 1. The lowest BCUT2D eigenvalue weighted by atomic mass is 10.2. The Morgan fingerprint density at radius 2 is 2.06 bits per heavy atom. The lowest BCUT2D eigenvalue weighted by Gasteiger charge is -2.08. The van der Waals surface area contributed by atoms with Crippen LogP contribution in [0.4, 0.5) is 0 Å². The van der Waals surface area contributed by atoms with Crippen LogP contribution in [0, 0.1) is 0 Å². The monoisotopic (exact) mass is 232 g/mol. The molecule has 0 saturated heterocycles. The zero-order valence-corrected chi connectivity index (χ0v) is 9.72. The average molecular weight is 232 g/mol. The van der Waals surface area contributed by atoms with E-state index >= 15 is 0 Å². The van der Waals surface area contributed by atoms with Crippen LogP contribution < -0.4 is 0 Å². The molecule has 3 nitrogen and oxygen atoms in total.